The van der Waals surface area contributed by atoms with Crippen LogP contribution in [0, 0.1) is 0 Å². The van der Waals surface area contributed by atoms with E-state index in [9.17, 15) is 13.2 Å². The van der Waals surface area contributed by atoms with Gasteiger partial charge in [0.25, 0.3) is 5.91 Å². The van der Waals surface area contributed by atoms with Crippen LogP contribution < -0.4 is 5.32 Å². The van der Waals surface area contributed by atoms with Crippen LogP contribution in [-0.4, -0.2) is 32.7 Å². The molecule has 0 aliphatic rings. The van der Waals surface area contributed by atoms with E-state index in [2.05, 4.69) is 5.32 Å². The van der Waals surface area contributed by atoms with Crippen molar-refractivity contribution in [3.8, 4) is 0 Å². The van der Waals surface area contributed by atoms with Crippen molar-refractivity contribution in [1.82, 2.24) is 9.62 Å². The SMILES string of the molecule is CN(C)S(=O)(=O)c1ccc(C(=O)NCc2cccc3ccccc23)cc1. The zero-order valence-electron chi connectivity index (χ0n) is 14.6. The van der Waals surface area contributed by atoms with Crippen LogP contribution in [0.3, 0.4) is 0 Å². The first-order valence-electron chi connectivity index (χ1n) is 8.17. The van der Waals surface area contributed by atoms with Gasteiger partial charge < -0.3 is 5.32 Å². The van der Waals surface area contributed by atoms with E-state index in [1.54, 1.807) is 0 Å². The number of hydrogen-bond donors (Lipinski definition) is 1. The molecule has 0 saturated carbocycles. The summed E-state index contributed by atoms with van der Waals surface area (Å²) in [4.78, 5) is 12.5. The van der Waals surface area contributed by atoms with Gasteiger partial charge in [0, 0.05) is 26.2 Å². The molecule has 3 aromatic rings. The van der Waals surface area contributed by atoms with Crippen LogP contribution in [0.2, 0.25) is 0 Å². The normalized spacial score (nSPS) is 11.7. The minimum atomic E-state index is -3.50. The topological polar surface area (TPSA) is 66.5 Å². The Labute approximate surface area is 153 Å². The molecule has 0 unspecified atom stereocenters. The predicted molar refractivity (Wildman–Crippen MR) is 102 cm³/mol. The number of nitrogens with one attached hydrogen (secondary N) is 1. The van der Waals surface area contributed by atoms with Crippen molar-refractivity contribution in [2.45, 2.75) is 11.4 Å². The van der Waals surface area contributed by atoms with Crippen molar-refractivity contribution in [3.63, 3.8) is 0 Å². The summed E-state index contributed by atoms with van der Waals surface area (Å²) in [7, 11) is -0.553. The number of rotatable bonds is 5. The fourth-order valence-corrected chi connectivity index (χ4v) is 3.61. The van der Waals surface area contributed by atoms with Crippen molar-refractivity contribution in [3.05, 3.63) is 77.9 Å². The van der Waals surface area contributed by atoms with E-state index in [-0.39, 0.29) is 10.8 Å². The lowest BCUT2D eigenvalue weighted by atomic mass is 10.0. The fraction of sp³-hybridized carbons (Fsp3) is 0.150. The van der Waals surface area contributed by atoms with E-state index in [1.807, 2.05) is 42.5 Å². The predicted octanol–water partition coefficient (Wildman–Crippen LogP) is 3.02. The average Bonchev–Trinajstić information content (AvgIpc) is 2.66. The third kappa shape index (κ3) is 3.61. The zero-order valence-corrected chi connectivity index (χ0v) is 15.5. The van der Waals surface area contributed by atoms with Crippen LogP contribution >= 0.6 is 0 Å². The van der Waals surface area contributed by atoms with E-state index >= 15 is 0 Å². The molecule has 1 amide bonds. The molecule has 6 heteroatoms. The standard InChI is InChI=1S/C20H20N2O3S/c1-22(2)26(24,25)18-12-10-16(11-13-18)20(23)21-14-17-8-5-7-15-6-3-4-9-19(15)17/h3-13H,14H2,1-2H3,(H,21,23). The van der Waals surface area contributed by atoms with Gasteiger partial charge in [-0.1, -0.05) is 42.5 Å². The van der Waals surface area contributed by atoms with E-state index in [4.69, 9.17) is 0 Å². The molecule has 3 aromatic carbocycles. The number of sulfonamides is 1. The monoisotopic (exact) mass is 368 g/mol. The molecule has 134 valence electrons. The third-order valence-electron chi connectivity index (χ3n) is 4.21. The molecule has 0 bridgehead atoms. The van der Waals surface area contributed by atoms with Gasteiger partial charge in [-0.15, -0.1) is 0 Å². The van der Waals surface area contributed by atoms with Gasteiger partial charge in [-0.2, -0.15) is 0 Å². The summed E-state index contributed by atoms with van der Waals surface area (Å²) in [5, 5.41) is 5.11. The number of carbonyl (C=O) groups excluding carboxylic acids is 1. The van der Waals surface area contributed by atoms with Gasteiger partial charge in [0.05, 0.1) is 4.90 Å². The molecule has 1 N–H and O–H groups in total. The van der Waals surface area contributed by atoms with Gasteiger partial charge in [-0.05, 0) is 40.6 Å². The largest absolute Gasteiger partial charge is 0.348 e. The number of nitrogens with zero attached hydrogens (tertiary/aromatic N) is 1. The van der Waals surface area contributed by atoms with Crippen LogP contribution in [-0.2, 0) is 16.6 Å². The number of hydrogen-bond acceptors (Lipinski definition) is 3. The molecule has 0 fully saturated rings. The first kappa shape index (κ1) is 18.1. The molecule has 0 heterocycles. The maximum Gasteiger partial charge on any atom is 0.251 e. The first-order valence-corrected chi connectivity index (χ1v) is 9.61. The molecule has 0 spiro atoms. The Balaban J connectivity index is 1.74. The summed E-state index contributed by atoms with van der Waals surface area (Å²) in [5.41, 5.74) is 1.45. The lowest BCUT2D eigenvalue weighted by molar-refractivity contribution is 0.0951. The lowest BCUT2D eigenvalue weighted by Gasteiger charge is -2.12. The number of carbonyl (C=O) groups is 1. The summed E-state index contributed by atoms with van der Waals surface area (Å²) in [6.45, 7) is 0.401. The van der Waals surface area contributed by atoms with Gasteiger partial charge >= 0.3 is 0 Å². The second kappa shape index (κ2) is 7.27. The highest BCUT2D eigenvalue weighted by Gasteiger charge is 2.17. The Hall–Kier alpha value is -2.70. The zero-order chi connectivity index (χ0) is 18.7. The van der Waals surface area contributed by atoms with E-state index in [0.717, 1.165) is 20.6 Å². The maximum absolute atomic E-state index is 12.4. The van der Waals surface area contributed by atoms with Crippen molar-refractivity contribution in [1.29, 1.82) is 0 Å². The molecule has 0 radical (unpaired) electrons. The Kier molecular flexibility index (Phi) is 5.06. The van der Waals surface area contributed by atoms with Crippen molar-refractivity contribution in [2.75, 3.05) is 14.1 Å². The van der Waals surface area contributed by atoms with E-state index in [1.165, 1.54) is 38.4 Å². The fourth-order valence-electron chi connectivity index (χ4n) is 2.71. The summed E-state index contributed by atoms with van der Waals surface area (Å²) in [6, 6.07) is 19.9. The van der Waals surface area contributed by atoms with Crippen LogP contribution in [0.4, 0.5) is 0 Å². The highest BCUT2D eigenvalue weighted by Crippen LogP contribution is 2.18. The average molecular weight is 368 g/mol. The van der Waals surface area contributed by atoms with Gasteiger partial charge in [0.1, 0.15) is 0 Å². The minimum absolute atomic E-state index is 0.160. The highest BCUT2D eigenvalue weighted by atomic mass is 32.2. The molecule has 0 saturated heterocycles. The van der Waals surface area contributed by atoms with Crippen molar-refractivity contribution < 1.29 is 13.2 Å². The van der Waals surface area contributed by atoms with E-state index < -0.39 is 10.0 Å². The van der Waals surface area contributed by atoms with Crippen molar-refractivity contribution in [2.24, 2.45) is 0 Å². The van der Waals surface area contributed by atoms with Gasteiger partial charge in [0.2, 0.25) is 10.0 Å². The summed E-state index contributed by atoms with van der Waals surface area (Å²) < 4.78 is 25.3. The molecule has 5 nitrogen and oxygen atoms in total. The number of amides is 1. The van der Waals surface area contributed by atoms with Crippen LogP contribution in [0.15, 0.2) is 71.6 Å². The molecule has 3 rings (SSSR count). The smallest absolute Gasteiger partial charge is 0.251 e. The van der Waals surface area contributed by atoms with Crippen LogP contribution in [0.5, 0.6) is 0 Å². The van der Waals surface area contributed by atoms with E-state index in [0.29, 0.717) is 12.1 Å². The third-order valence-corrected chi connectivity index (χ3v) is 6.04. The molecular weight excluding hydrogens is 348 g/mol. The summed E-state index contributed by atoms with van der Waals surface area (Å²) in [6.07, 6.45) is 0. The number of benzene rings is 3. The van der Waals surface area contributed by atoms with Crippen LogP contribution in [0.1, 0.15) is 15.9 Å². The molecule has 0 aromatic heterocycles. The second-order valence-electron chi connectivity index (χ2n) is 6.13. The van der Waals surface area contributed by atoms with Gasteiger partial charge in [0.15, 0.2) is 0 Å². The molecule has 0 aliphatic carbocycles. The second-order valence-corrected chi connectivity index (χ2v) is 8.28. The first-order chi connectivity index (χ1) is 12.4. The molecular formula is C20H20N2O3S. The Morgan fingerprint density at radius 2 is 1.58 bits per heavy atom. The summed E-state index contributed by atoms with van der Waals surface area (Å²) >= 11 is 0. The molecule has 0 aliphatic heterocycles. The quantitative estimate of drug-likeness (QED) is 0.753. The maximum atomic E-state index is 12.4. The lowest BCUT2D eigenvalue weighted by Crippen LogP contribution is -2.24. The Morgan fingerprint density at radius 1 is 0.923 bits per heavy atom. The Bertz CT molecular complexity index is 1040. The summed E-state index contributed by atoms with van der Waals surface area (Å²) in [5.74, 6) is -0.244. The van der Waals surface area contributed by atoms with Crippen molar-refractivity contribution >= 4 is 26.7 Å². The molecule has 0 atom stereocenters. The Morgan fingerprint density at radius 3 is 2.27 bits per heavy atom. The van der Waals surface area contributed by atoms with Gasteiger partial charge in [-0.3, -0.25) is 4.79 Å². The number of fused-ring (bicyclic) bond motifs is 1. The van der Waals surface area contributed by atoms with Gasteiger partial charge in [-0.25, -0.2) is 12.7 Å². The minimum Gasteiger partial charge on any atom is -0.348 e. The molecule has 26 heavy (non-hydrogen) atoms. The highest BCUT2D eigenvalue weighted by molar-refractivity contribution is 7.89. The van der Waals surface area contributed by atoms with Crippen LogP contribution in [0.25, 0.3) is 10.8 Å².